The van der Waals surface area contributed by atoms with E-state index in [-0.39, 0.29) is 24.4 Å². The molecule has 21 heavy (non-hydrogen) atoms. The summed E-state index contributed by atoms with van der Waals surface area (Å²) >= 11 is 0. The maximum Gasteiger partial charge on any atom is 0.234 e. The van der Waals surface area contributed by atoms with Gasteiger partial charge >= 0.3 is 0 Å². The minimum absolute atomic E-state index is 0.00637. The van der Waals surface area contributed by atoms with Crippen LogP contribution in [-0.2, 0) is 14.3 Å². The molecule has 0 spiro atoms. The highest BCUT2D eigenvalue weighted by molar-refractivity contribution is 5.88. The van der Waals surface area contributed by atoms with Gasteiger partial charge in [-0.1, -0.05) is 12.1 Å². The first-order chi connectivity index (χ1) is 10.0. The molecule has 0 aliphatic heterocycles. The van der Waals surface area contributed by atoms with Crippen molar-refractivity contribution >= 4 is 17.5 Å². The van der Waals surface area contributed by atoms with E-state index in [1.165, 1.54) is 6.92 Å². The van der Waals surface area contributed by atoms with Gasteiger partial charge in [0.05, 0.1) is 13.2 Å². The predicted octanol–water partition coefficient (Wildman–Crippen LogP) is 1.06. The summed E-state index contributed by atoms with van der Waals surface area (Å²) in [5, 5.41) is 8.62. The van der Waals surface area contributed by atoms with Crippen molar-refractivity contribution < 1.29 is 14.3 Å². The molecular weight excluding hydrogens is 270 g/mol. The fourth-order valence-corrected chi connectivity index (χ4v) is 1.81. The Hall–Kier alpha value is -1.92. The van der Waals surface area contributed by atoms with Crippen LogP contribution in [0.3, 0.4) is 0 Å². The molecule has 3 N–H and O–H groups in total. The van der Waals surface area contributed by atoms with E-state index in [2.05, 4.69) is 16.0 Å². The zero-order chi connectivity index (χ0) is 15.7. The average Bonchev–Trinajstić information content (AvgIpc) is 2.44. The van der Waals surface area contributed by atoms with Crippen LogP contribution in [0.2, 0.25) is 0 Å². The Bertz CT molecular complexity index is 477. The summed E-state index contributed by atoms with van der Waals surface area (Å²) in [5.74, 6) is -0.179. The zero-order valence-electron chi connectivity index (χ0n) is 12.7. The highest BCUT2D eigenvalue weighted by Crippen LogP contribution is 2.17. The van der Waals surface area contributed by atoms with Gasteiger partial charge in [-0.3, -0.25) is 9.59 Å². The zero-order valence-corrected chi connectivity index (χ0v) is 12.7. The minimum Gasteiger partial charge on any atom is -0.383 e. The number of hydrogen-bond donors (Lipinski definition) is 3. The Morgan fingerprint density at radius 3 is 2.76 bits per heavy atom. The molecule has 0 saturated carbocycles. The van der Waals surface area contributed by atoms with Gasteiger partial charge in [-0.05, 0) is 24.6 Å². The smallest absolute Gasteiger partial charge is 0.234 e. The van der Waals surface area contributed by atoms with Crippen LogP contribution in [0.25, 0.3) is 0 Å². The highest BCUT2D eigenvalue weighted by Gasteiger charge is 2.08. The van der Waals surface area contributed by atoms with E-state index in [0.29, 0.717) is 13.2 Å². The molecule has 0 aliphatic carbocycles. The summed E-state index contributed by atoms with van der Waals surface area (Å²) in [6, 6.07) is 7.55. The van der Waals surface area contributed by atoms with Gasteiger partial charge in [0, 0.05) is 32.3 Å². The average molecular weight is 293 g/mol. The van der Waals surface area contributed by atoms with Gasteiger partial charge in [0.25, 0.3) is 0 Å². The van der Waals surface area contributed by atoms with Crippen LogP contribution < -0.4 is 16.0 Å². The fourth-order valence-electron chi connectivity index (χ4n) is 1.81. The van der Waals surface area contributed by atoms with E-state index < -0.39 is 0 Å². The lowest BCUT2D eigenvalue weighted by molar-refractivity contribution is -0.120. The maximum atomic E-state index is 11.6. The van der Waals surface area contributed by atoms with Gasteiger partial charge in [-0.25, -0.2) is 0 Å². The van der Waals surface area contributed by atoms with E-state index in [9.17, 15) is 9.59 Å². The molecule has 2 amide bonds. The van der Waals surface area contributed by atoms with Crippen LogP contribution in [0, 0.1) is 0 Å². The second kappa shape index (κ2) is 9.10. The molecule has 1 aromatic carbocycles. The molecule has 0 radical (unpaired) electrons. The number of benzene rings is 1. The van der Waals surface area contributed by atoms with Gasteiger partial charge in [0.1, 0.15) is 0 Å². The Kier molecular flexibility index (Phi) is 7.42. The Morgan fingerprint density at radius 2 is 2.10 bits per heavy atom. The molecule has 6 nitrogen and oxygen atoms in total. The molecule has 0 heterocycles. The summed E-state index contributed by atoms with van der Waals surface area (Å²) in [4.78, 5) is 22.6. The van der Waals surface area contributed by atoms with Crippen molar-refractivity contribution in [3.05, 3.63) is 29.8 Å². The van der Waals surface area contributed by atoms with Crippen LogP contribution in [0.4, 0.5) is 5.69 Å². The second-order valence-electron chi connectivity index (χ2n) is 4.75. The van der Waals surface area contributed by atoms with Crippen molar-refractivity contribution in [1.82, 2.24) is 10.6 Å². The molecule has 1 rings (SSSR count). The van der Waals surface area contributed by atoms with Crippen LogP contribution in [0.15, 0.2) is 24.3 Å². The van der Waals surface area contributed by atoms with Crippen molar-refractivity contribution in [2.24, 2.45) is 0 Å². The van der Waals surface area contributed by atoms with Crippen LogP contribution >= 0.6 is 0 Å². The SMILES string of the molecule is COCCNC(=O)CNC(C)c1cccc(NC(C)=O)c1. The Labute approximate surface area is 125 Å². The number of ether oxygens (including phenoxy) is 1. The number of anilines is 1. The molecule has 0 saturated heterocycles. The number of amides is 2. The van der Waals surface area contributed by atoms with E-state index in [1.54, 1.807) is 7.11 Å². The number of nitrogens with one attached hydrogen (secondary N) is 3. The predicted molar refractivity (Wildman–Crippen MR) is 82.0 cm³/mol. The Balaban J connectivity index is 2.46. The first-order valence-electron chi connectivity index (χ1n) is 6.89. The fraction of sp³-hybridized carbons (Fsp3) is 0.467. The third-order valence-electron chi connectivity index (χ3n) is 2.90. The third kappa shape index (κ3) is 6.87. The molecule has 116 valence electrons. The van der Waals surface area contributed by atoms with E-state index in [0.717, 1.165) is 11.3 Å². The normalized spacial score (nSPS) is 11.8. The van der Waals surface area contributed by atoms with Crippen molar-refractivity contribution in [1.29, 1.82) is 0 Å². The van der Waals surface area contributed by atoms with E-state index in [1.807, 2.05) is 31.2 Å². The minimum atomic E-state index is -0.106. The highest BCUT2D eigenvalue weighted by atomic mass is 16.5. The number of hydrogen-bond acceptors (Lipinski definition) is 4. The van der Waals surface area contributed by atoms with Crippen LogP contribution in [0.5, 0.6) is 0 Å². The monoisotopic (exact) mass is 293 g/mol. The number of rotatable bonds is 8. The molecule has 0 fully saturated rings. The molecule has 1 unspecified atom stereocenters. The topological polar surface area (TPSA) is 79.5 Å². The lowest BCUT2D eigenvalue weighted by Gasteiger charge is -2.15. The van der Waals surface area contributed by atoms with Gasteiger partial charge in [-0.2, -0.15) is 0 Å². The van der Waals surface area contributed by atoms with Crippen molar-refractivity contribution in [3.63, 3.8) is 0 Å². The Morgan fingerprint density at radius 1 is 1.33 bits per heavy atom. The number of carbonyl (C=O) groups is 2. The standard InChI is InChI=1S/C15H23N3O3/c1-11(17-10-15(20)16-7-8-21-3)13-5-4-6-14(9-13)18-12(2)19/h4-6,9,11,17H,7-8,10H2,1-3H3,(H,16,20)(H,18,19). The number of carbonyl (C=O) groups excluding carboxylic acids is 2. The molecule has 0 aliphatic rings. The lowest BCUT2D eigenvalue weighted by Crippen LogP contribution is -2.36. The quantitative estimate of drug-likeness (QED) is 0.626. The summed E-state index contributed by atoms with van der Waals surface area (Å²) in [5.41, 5.74) is 1.75. The summed E-state index contributed by atoms with van der Waals surface area (Å²) in [6.45, 7) is 4.67. The summed E-state index contributed by atoms with van der Waals surface area (Å²) in [7, 11) is 1.59. The summed E-state index contributed by atoms with van der Waals surface area (Å²) in [6.07, 6.45) is 0. The van der Waals surface area contributed by atoms with Crippen LogP contribution in [0.1, 0.15) is 25.5 Å². The molecule has 0 aromatic heterocycles. The molecule has 0 bridgehead atoms. The lowest BCUT2D eigenvalue weighted by atomic mass is 10.1. The second-order valence-corrected chi connectivity index (χ2v) is 4.75. The molecule has 1 aromatic rings. The van der Waals surface area contributed by atoms with Crippen molar-refractivity contribution in [2.45, 2.75) is 19.9 Å². The molecular formula is C15H23N3O3. The van der Waals surface area contributed by atoms with E-state index >= 15 is 0 Å². The molecule has 6 heteroatoms. The van der Waals surface area contributed by atoms with Gasteiger partial charge in [0.15, 0.2) is 0 Å². The number of methoxy groups -OCH3 is 1. The van der Waals surface area contributed by atoms with Crippen molar-refractivity contribution in [2.75, 3.05) is 32.1 Å². The molecule has 1 atom stereocenters. The van der Waals surface area contributed by atoms with E-state index in [4.69, 9.17) is 4.74 Å². The van der Waals surface area contributed by atoms with Crippen LogP contribution in [-0.4, -0.2) is 38.6 Å². The maximum absolute atomic E-state index is 11.6. The van der Waals surface area contributed by atoms with Gasteiger partial charge in [-0.15, -0.1) is 0 Å². The third-order valence-corrected chi connectivity index (χ3v) is 2.90. The van der Waals surface area contributed by atoms with Gasteiger partial charge < -0.3 is 20.7 Å². The van der Waals surface area contributed by atoms with Crippen molar-refractivity contribution in [3.8, 4) is 0 Å². The summed E-state index contributed by atoms with van der Waals surface area (Å²) < 4.78 is 4.86. The largest absolute Gasteiger partial charge is 0.383 e. The van der Waals surface area contributed by atoms with Gasteiger partial charge in [0.2, 0.25) is 11.8 Å². The first kappa shape index (κ1) is 17.1. The first-order valence-corrected chi connectivity index (χ1v) is 6.89.